The van der Waals surface area contributed by atoms with Gasteiger partial charge in [0.2, 0.25) is 12.3 Å². The van der Waals surface area contributed by atoms with Gasteiger partial charge in [-0.1, -0.05) is 0 Å². The third kappa shape index (κ3) is 5.76. The third-order valence-corrected chi connectivity index (χ3v) is 6.29. The molecule has 0 spiro atoms. The minimum absolute atomic E-state index is 0.0108. The first-order valence-electron chi connectivity index (χ1n) is 12.1. The number of hydrogen-bond acceptors (Lipinski definition) is 10. The summed E-state index contributed by atoms with van der Waals surface area (Å²) in [6.07, 6.45) is 2.15. The number of piperazine rings is 1. The number of nitrogens with zero attached hydrogens (tertiary/aromatic N) is 6. The molecule has 2 N–H and O–H groups in total. The zero-order valence-corrected chi connectivity index (χ0v) is 20.9. The van der Waals surface area contributed by atoms with E-state index in [-0.39, 0.29) is 35.7 Å². The molecule has 1 aromatic carbocycles. The smallest absolute Gasteiger partial charge is 0.314 e. The lowest BCUT2D eigenvalue weighted by atomic mass is 10.0. The number of carbonyl (C=O) groups excluding carboxylic acids is 1. The molecule has 1 unspecified atom stereocenters. The van der Waals surface area contributed by atoms with E-state index in [0.717, 1.165) is 26.2 Å². The van der Waals surface area contributed by atoms with Crippen LogP contribution in [0.15, 0.2) is 46.1 Å². The number of ether oxygens (including phenoxy) is 1. The molecule has 0 saturated carbocycles. The van der Waals surface area contributed by atoms with E-state index in [9.17, 15) is 13.6 Å². The highest BCUT2D eigenvalue weighted by atomic mass is 19.3. The Kier molecular flexibility index (Phi) is 7.84. The van der Waals surface area contributed by atoms with Gasteiger partial charge in [-0.3, -0.25) is 19.7 Å². The number of aliphatic imine (C=N–C) groups is 1. The number of benzene rings is 1. The molecule has 2 aliphatic heterocycles. The van der Waals surface area contributed by atoms with Crippen molar-refractivity contribution in [3.63, 3.8) is 0 Å². The van der Waals surface area contributed by atoms with Crippen molar-refractivity contribution in [3.05, 3.63) is 59.6 Å². The molecule has 39 heavy (non-hydrogen) atoms. The number of nitrogens with one attached hydrogen (secondary N) is 2. The largest absolute Gasteiger partial charge is 0.495 e. The Morgan fingerprint density at radius 3 is 2.69 bits per heavy atom. The zero-order chi connectivity index (χ0) is 27.4. The molecular formula is C25H25F3N8O3. The average Bonchev–Trinajstić information content (AvgIpc) is 3.48. The Morgan fingerprint density at radius 1 is 1.26 bits per heavy atom. The van der Waals surface area contributed by atoms with E-state index in [1.807, 2.05) is 0 Å². The molecule has 1 saturated heterocycles. The van der Waals surface area contributed by atoms with E-state index in [2.05, 4.69) is 35.7 Å². The Hall–Kier alpha value is -4.30. The minimum Gasteiger partial charge on any atom is -0.495 e. The number of carbonyl (C=O) groups is 1. The summed E-state index contributed by atoms with van der Waals surface area (Å²) in [5.41, 5.74) is 1.78. The summed E-state index contributed by atoms with van der Waals surface area (Å²) in [4.78, 5) is 24.2. The van der Waals surface area contributed by atoms with Gasteiger partial charge in [0.05, 0.1) is 30.6 Å². The number of rotatable bonds is 9. The number of pyridine rings is 1. The van der Waals surface area contributed by atoms with Gasteiger partial charge in [0.15, 0.2) is 6.29 Å². The molecule has 14 heteroatoms. The molecule has 1 amide bonds. The van der Waals surface area contributed by atoms with Crippen molar-refractivity contribution >= 4 is 23.9 Å². The van der Waals surface area contributed by atoms with Gasteiger partial charge in [-0.2, -0.15) is 8.78 Å². The second-order valence-corrected chi connectivity index (χ2v) is 8.73. The molecule has 11 nitrogen and oxygen atoms in total. The van der Waals surface area contributed by atoms with Crippen molar-refractivity contribution in [2.24, 2.45) is 4.99 Å². The molecular weight excluding hydrogens is 517 g/mol. The zero-order valence-electron chi connectivity index (χ0n) is 20.9. The van der Waals surface area contributed by atoms with E-state index < -0.39 is 18.1 Å². The van der Waals surface area contributed by atoms with Crippen molar-refractivity contribution in [2.45, 2.75) is 19.3 Å². The summed E-state index contributed by atoms with van der Waals surface area (Å²) in [5.74, 6) is -1.18. The van der Waals surface area contributed by atoms with E-state index in [1.54, 1.807) is 24.5 Å². The van der Waals surface area contributed by atoms with Crippen LogP contribution in [0.2, 0.25) is 0 Å². The van der Waals surface area contributed by atoms with E-state index in [0.29, 0.717) is 23.2 Å². The molecule has 0 aliphatic carbocycles. The average molecular weight is 543 g/mol. The fourth-order valence-corrected chi connectivity index (χ4v) is 4.26. The lowest BCUT2D eigenvalue weighted by Gasteiger charge is -2.33. The van der Waals surface area contributed by atoms with Gasteiger partial charge in [0, 0.05) is 62.0 Å². The maximum atomic E-state index is 15.3. The van der Waals surface area contributed by atoms with Crippen LogP contribution >= 0.6 is 0 Å². The number of alkyl halides is 2. The number of allylic oxidation sites excluding steroid dienone is 1. The van der Waals surface area contributed by atoms with Gasteiger partial charge in [-0.05, 0) is 18.2 Å². The third-order valence-electron chi connectivity index (χ3n) is 6.29. The molecule has 2 aliphatic rings. The number of halogens is 3. The lowest BCUT2D eigenvalue weighted by Crippen LogP contribution is -2.52. The number of anilines is 1. The van der Waals surface area contributed by atoms with Crippen LogP contribution < -0.4 is 20.3 Å². The van der Waals surface area contributed by atoms with Crippen LogP contribution in [0.25, 0.3) is 17.0 Å². The summed E-state index contributed by atoms with van der Waals surface area (Å²) in [6.45, 7) is 3.45. The van der Waals surface area contributed by atoms with Crippen LogP contribution in [0, 0.1) is 5.82 Å². The molecule has 0 radical (unpaired) electrons. The second kappa shape index (κ2) is 11.6. The predicted molar refractivity (Wildman–Crippen MR) is 136 cm³/mol. The quantitative estimate of drug-likeness (QED) is 0.393. The van der Waals surface area contributed by atoms with Gasteiger partial charge in [-0.25, -0.2) is 4.39 Å². The number of aromatic nitrogens is 3. The van der Waals surface area contributed by atoms with E-state index in [4.69, 9.17) is 9.15 Å². The highest BCUT2D eigenvalue weighted by Crippen LogP contribution is 2.34. The first-order chi connectivity index (χ1) is 19.0. The fourth-order valence-electron chi connectivity index (χ4n) is 4.26. The van der Waals surface area contributed by atoms with Crippen LogP contribution in [0.5, 0.6) is 5.75 Å². The summed E-state index contributed by atoms with van der Waals surface area (Å²) < 4.78 is 51.1. The maximum Gasteiger partial charge on any atom is 0.314 e. The molecule has 3 aromatic rings. The Bertz CT molecular complexity index is 1370. The first kappa shape index (κ1) is 26.3. The van der Waals surface area contributed by atoms with Gasteiger partial charge < -0.3 is 24.7 Å². The maximum absolute atomic E-state index is 15.3. The fraction of sp³-hybridized carbons (Fsp3) is 0.320. The number of methoxy groups -OCH3 is 1. The molecule has 5 rings (SSSR count). The minimum atomic E-state index is -2.88. The molecule has 2 aromatic heterocycles. The number of amides is 1. The Balaban J connectivity index is 1.32. The molecule has 1 atom stereocenters. The van der Waals surface area contributed by atoms with Crippen molar-refractivity contribution in [2.75, 3.05) is 38.2 Å². The first-order valence-corrected chi connectivity index (χ1v) is 12.1. The standard InChI is InChI=1S/C25H25F3N8O3/c1-38-21-8-18(16-11-31-25(32-12-16)35-6-4-29-5-7-35)19(26)9-20(21)36(14-37)13-17-3-2-15(10-30-17)23-33-34-24(39-23)22(27)28/h2-3,8-12,14,22,25,29,31H,4-7,13H2,1H3. The van der Waals surface area contributed by atoms with Crippen molar-refractivity contribution in [1.82, 2.24) is 30.7 Å². The summed E-state index contributed by atoms with van der Waals surface area (Å²) >= 11 is 0. The van der Waals surface area contributed by atoms with Gasteiger partial charge >= 0.3 is 6.43 Å². The van der Waals surface area contributed by atoms with Gasteiger partial charge in [0.25, 0.3) is 5.89 Å². The van der Waals surface area contributed by atoms with Crippen LogP contribution in [-0.4, -0.2) is 72.3 Å². The highest BCUT2D eigenvalue weighted by molar-refractivity contribution is 6.10. The van der Waals surface area contributed by atoms with Crippen LogP contribution in [-0.2, 0) is 11.3 Å². The molecule has 0 bridgehead atoms. The molecule has 204 valence electrons. The summed E-state index contributed by atoms with van der Waals surface area (Å²) in [5, 5.41) is 13.4. The van der Waals surface area contributed by atoms with Crippen molar-refractivity contribution in [3.8, 4) is 17.2 Å². The normalized spacial score (nSPS) is 17.6. The topological polar surface area (TPSA) is 121 Å². The second-order valence-electron chi connectivity index (χ2n) is 8.73. The summed E-state index contributed by atoms with van der Waals surface area (Å²) in [7, 11) is 1.43. The summed E-state index contributed by atoms with van der Waals surface area (Å²) in [6, 6.07) is 5.85. The SMILES string of the molecule is COc1cc(C2=CNC(N3CCNCC3)N=C2)c(F)cc1N(C=O)Cc1ccc(-c2nnc(C(F)F)o2)cn1. The van der Waals surface area contributed by atoms with Gasteiger partial charge in [-0.15, -0.1) is 10.2 Å². The highest BCUT2D eigenvalue weighted by Gasteiger charge is 2.23. The predicted octanol–water partition coefficient (Wildman–Crippen LogP) is 2.58. The van der Waals surface area contributed by atoms with Crippen molar-refractivity contribution in [1.29, 1.82) is 0 Å². The Labute approximate surface area is 221 Å². The van der Waals surface area contributed by atoms with Gasteiger partial charge in [0.1, 0.15) is 11.6 Å². The monoisotopic (exact) mass is 542 g/mol. The van der Waals surface area contributed by atoms with E-state index in [1.165, 1.54) is 30.3 Å². The van der Waals surface area contributed by atoms with Crippen LogP contribution in [0.3, 0.4) is 0 Å². The van der Waals surface area contributed by atoms with Crippen molar-refractivity contribution < 1.29 is 27.1 Å². The molecule has 1 fully saturated rings. The van der Waals surface area contributed by atoms with Crippen LogP contribution in [0.4, 0.5) is 18.9 Å². The lowest BCUT2D eigenvalue weighted by molar-refractivity contribution is -0.107. The molecule has 4 heterocycles. The van der Waals surface area contributed by atoms with E-state index >= 15 is 4.39 Å². The number of hydrogen-bond donors (Lipinski definition) is 2. The van der Waals surface area contributed by atoms with Crippen LogP contribution in [0.1, 0.15) is 23.6 Å². The Morgan fingerprint density at radius 2 is 2.08 bits per heavy atom.